The summed E-state index contributed by atoms with van der Waals surface area (Å²) in [6.07, 6.45) is 4.97. The predicted octanol–water partition coefficient (Wildman–Crippen LogP) is 2.43. The maximum atomic E-state index is 10.7. The molecule has 0 saturated carbocycles. The Hall–Kier alpha value is -1.77. The second-order valence-corrected chi connectivity index (χ2v) is 4.17. The van der Waals surface area contributed by atoms with Gasteiger partial charge in [0.1, 0.15) is 0 Å². The van der Waals surface area contributed by atoms with Gasteiger partial charge in [0.15, 0.2) is 0 Å². The summed E-state index contributed by atoms with van der Waals surface area (Å²) in [6.45, 7) is 6.30. The standard InChI is InChI=1S/C14H20N2O/c1-10-11(2)14(15)8-7-13(10)6-4-5-9-16-12(3)17/h4,6-8H,5,9,15H2,1-3H3,(H,16,17). The largest absolute Gasteiger partial charge is 0.399 e. The van der Waals surface area contributed by atoms with Crippen LogP contribution in [-0.2, 0) is 4.79 Å². The van der Waals surface area contributed by atoms with Crippen molar-refractivity contribution in [2.45, 2.75) is 27.2 Å². The van der Waals surface area contributed by atoms with Gasteiger partial charge in [0, 0.05) is 19.2 Å². The SMILES string of the molecule is CC(=O)NCCC=Cc1ccc(N)c(C)c1C. The fourth-order valence-electron chi connectivity index (χ4n) is 1.58. The summed E-state index contributed by atoms with van der Waals surface area (Å²) >= 11 is 0. The summed E-state index contributed by atoms with van der Waals surface area (Å²) in [5.41, 5.74) is 10.2. The molecule has 1 aromatic carbocycles. The van der Waals surface area contributed by atoms with Crippen LogP contribution in [0.2, 0.25) is 0 Å². The summed E-state index contributed by atoms with van der Waals surface area (Å²) in [6, 6.07) is 3.95. The number of rotatable bonds is 4. The Balaban J connectivity index is 2.60. The molecule has 0 fully saturated rings. The Labute approximate surface area is 103 Å². The lowest BCUT2D eigenvalue weighted by atomic mass is 10.0. The van der Waals surface area contributed by atoms with Crippen molar-refractivity contribution < 1.29 is 4.79 Å². The first-order chi connectivity index (χ1) is 8.02. The molecule has 0 aliphatic rings. The maximum Gasteiger partial charge on any atom is 0.216 e. The molecule has 0 radical (unpaired) electrons. The zero-order valence-corrected chi connectivity index (χ0v) is 10.7. The molecule has 0 spiro atoms. The van der Waals surface area contributed by atoms with E-state index in [4.69, 9.17) is 5.73 Å². The molecular weight excluding hydrogens is 212 g/mol. The van der Waals surface area contributed by atoms with Crippen LogP contribution in [0.1, 0.15) is 30.0 Å². The highest BCUT2D eigenvalue weighted by Gasteiger charge is 2.00. The average Bonchev–Trinajstić information content (AvgIpc) is 2.28. The Morgan fingerprint density at radius 3 is 2.71 bits per heavy atom. The number of amides is 1. The summed E-state index contributed by atoms with van der Waals surface area (Å²) in [4.78, 5) is 10.7. The lowest BCUT2D eigenvalue weighted by Gasteiger charge is -2.07. The molecule has 3 heteroatoms. The summed E-state index contributed by atoms with van der Waals surface area (Å²) in [5, 5.41) is 2.76. The van der Waals surface area contributed by atoms with Gasteiger partial charge >= 0.3 is 0 Å². The van der Waals surface area contributed by atoms with E-state index in [-0.39, 0.29) is 5.91 Å². The predicted molar refractivity (Wildman–Crippen MR) is 72.7 cm³/mol. The number of carbonyl (C=O) groups is 1. The van der Waals surface area contributed by atoms with Crippen molar-refractivity contribution >= 4 is 17.7 Å². The maximum absolute atomic E-state index is 10.7. The molecule has 3 nitrogen and oxygen atoms in total. The number of nitrogen functional groups attached to an aromatic ring is 1. The highest BCUT2D eigenvalue weighted by molar-refractivity contribution is 5.72. The fourth-order valence-corrected chi connectivity index (χ4v) is 1.58. The molecule has 1 amide bonds. The monoisotopic (exact) mass is 232 g/mol. The van der Waals surface area contributed by atoms with Crippen molar-refractivity contribution in [3.63, 3.8) is 0 Å². The molecule has 1 aromatic rings. The zero-order valence-electron chi connectivity index (χ0n) is 10.7. The molecule has 0 heterocycles. The highest BCUT2D eigenvalue weighted by Crippen LogP contribution is 2.20. The van der Waals surface area contributed by atoms with E-state index in [2.05, 4.69) is 24.4 Å². The second-order valence-electron chi connectivity index (χ2n) is 4.17. The molecule has 0 aromatic heterocycles. The van der Waals surface area contributed by atoms with Crippen LogP contribution in [0.5, 0.6) is 0 Å². The van der Waals surface area contributed by atoms with Gasteiger partial charge in [-0.25, -0.2) is 0 Å². The Morgan fingerprint density at radius 2 is 2.06 bits per heavy atom. The molecule has 0 saturated heterocycles. The van der Waals surface area contributed by atoms with Crippen molar-refractivity contribution in [1.29, 1.82) is 0 Å². The van der Waals surface area contributed by atoms with Gasteiger partial charge in [-0.3, -0.25) is 4.79 Å². The number of nitrogens with one attached hydrogen (secondary N) is 1. The minimum absolute atomic E-state index is 0.0120. The van der Waals surface area contributed by atoms with Crippen LogP contribution in [0.25, 0.3) is 6.08 Å². The zero-order chi connectivity index (χ0) is 12.8. The fraction of sp³-hybridized carbons (Fsp3) is 0.357. The van der Waals surface area contributed by atoms with Crippen LogP contribution in [0.15, 0.2) is 18.2 Å². The molecule has 0 bridgehead atoms. The van der Waals surface area contributed by atoms with Gasteiger partial charge in [0.25, 0.3) is 0 Å². The van der Waals surface area contributed by atoms with Gasteiger partial charge in [0.2, 0.25) is 5.91 Å². The van der Waals surface area contributed by atoms with E-state index < -0.39 is 0 Å². The van der Waals surface area contributed by atoms with Crippen molar-refractivity contribution in [2.75, 3.05) is 12.3 Å². The smallest absolute Gasteiger partial charge is 0.216 e. The Kier molecular flexibility index (Phi) is 4.76. The van der Waals surface area contributed by atoms with Crippen molar-refractivity contribution in [2.24, 2.45) is 0 Å². The number of hydrogen-bond acceptors (Lipinski definition) is 2. The lowest BCUT2D eigenvalue weighted by molar-refractivity contribution is -0.118. The number of carbonyl (C=O) groups excluding carboxylic acids is 1. The molecule has 1 rings (SSSR count). The highest BCUT2D eigenvalue weighted by atomic mass is 16.1. The van der Waals surface area contributed by atoms with Crippen LogP contribution >= 0.6 is 0 Å². The van der Waals surface area contributed by atoms with E-state index >= 15 is 0 Å². The van der Waals surface area contributed by atoms with Crippen LogP contribution < -0.4 is 11.1 Å². The average molecular weight is 232 g/mol. The first-order valence-corrected chi connectivity index (χ1v) is 5.79. The van der Waals surface area contributed by atoms with Crippen molar-refractivity contribution in [3.8, 4) is 0 Å². The van der Waals surface area contributed by atoms with Gasteiger partial charge in [-0.2, -0.15) is 0 Å². The molecule has 17 heavy (non-hydrogen) atoms. The molecule has 0 aliphatic carbocycles. The second kappa shape index (κ2) is 6.09. The van der Waals surface area contributed by atoms with Gasteiger partial charge in [-0.1, -0.05) is 18.2 Å². The van der Waals surface area contributed by atoms with E-state index in [1.54, 1.807) is 0 Å². The third kappa shape index (κ3) is 3.94. The summed E-state index contributed by atoms with van der Waals surface area (Å²) in [7, 11) is 0. The van der Waals surface area contributed by atoms with Crippen molar-refractivity contribution in [1.82, 2.24) is 5.32 Å². The Bertz CT molecular complexity index is 436. The van der Waals surface area contributed by atoms with Gasteiger partial charge in [-0.05, 0) is 43.0 Å². The first kappa shape index (κ1) is 13.3. The molecule has 0 unspecified atom stereocenters. The minimum Gasteiger partial charge on any atom is -0.399 e. The molecule has 3 N–H and O–H groups in total. The topological polar surface area (TPSA) is 55.1 Å². The van der Waals surface area contributed by atoms with Gasteiger partial charge < -0.3 is 11.1 Å². The van der Waals surface area contributed by atoms with Gasteiger partial charge in [0.05, 0.1) is 0 Å². The van der Waals surface area contributed by atoms with Gasteiger partial charge in [-0.15, -0.1) is 0 Å². The van der Waals surface area contributed by atoms with E-state index in [1.165, 1.54) is 18.1 Å². The number of benzene rings is 1. The van der Waals surface area contributed by atoms with Crippen LogP contribution in [0, 0.1) is 13.8 Å². The normalized spacial score (nSPS) is 10.8. The third-order valence-corrected chi connectivity index (χ3v) is 2.85. The van der Waals surface area contributed by atoms with E-state index in [0.29, 0.717) is 6.54 Å². The van der Waals surface area contributed by atoms with Crippen LogP contribution in [0.4, 0.5) is 5.69 Å². The number of nitrogens with two attached hydrogens (primary N) is 1. The van der Waals surface area contributed by atoms with E-state index in [9.17, 15) is 4.79 Å². The van der Waals surface area contributed by atoms with Crippen LogP contribution in [-0.4, -0.2) is 12.5 Å². The van der Waals surface area contributed by atoms with E-state index in [0.717, 1.165) is 17.7 Å². The molecular formula is C14H20N2O. The first-order valence-electron chi connectivity index (χ1n) is 5.79. The summed E-state index contributed by atoms with van der Waals surface area (Å²) < 4.78 is 0. The molecule has 0 atom stereocenters. The number of anilines is 1. The Morgan fingerprint density at radius 1 is 1.35 bits per heavy atom. The summed E-state index contributed by atoms with van der Waals surface area (Å²) in [5.74, 6) is 0.0120. The van der Waals surface area contributed by atoms with E-state index in [1.807, 2.05) is 19.1 Å². The number of hydrogen-bond donors (Lipinski definition) is 2. The van der Waals surface area contributed by atoms with Crippen LogP contribution in [0.3, 0.4) is 0 Å². The third-order valence-electron chi connectivity index (χ3n) is 2.85. The van der Waals surface area contributed by atoms with Crippen molar-refractivity contribution in [3.05, 3.63) is 34.9 Å². The molecule has 92 valence electrons. The quantitative estimate of drug-likeness (QED) is 0.618. The molecule has 0 aliphatic heterocycles. The minimum atomic E-state index is 0.0120. The lowest BCUT2D eigenvalue weighted by Crippen LogP contribution is -2.20.